The lowest BCUT2D eigenvalue weighted by atomic mass is 10.1. The molecule has 0 aliphatic carbocycles. The molecule has 0 radical (unpaired) electrons. The van der Waals surface area contributed by atoms with Crippen LogP contribution in [0.25, 0.3) is 0 Å². The van der Waals surface area contributed by atoms with Crippen molar-refractivity contribution in [2.75, 3.05) is 10.6 Å². The first-order valence-electron chi connectivity index (χ1n) is 8.87. The number of benzene rings is 2. The van der Waals surface area contributed by atoms with Crippen molar-refractivity contribution in [1.82, 2.24) is 5.43 Å². The van der Waals surface area contributed by atoms with Gasteiger partial charge in [0.15, 0.2) is 5.11 Å². The van der Waals surface area contributed by atoms with Crippen LogP contribution in [-0.2, 0) is 4.79 Å². The number of rotatable bonds is 6. The van der Waals surface area contributed by atoms with E-state index in [1.165, 1.54) is 24.4 Å². The maximum atomic E-state index is 13.6. The SMILES string of the molecule is C/C(=N/NC(=S)Nc1ccc(F)cc1F)c1ccc(NC(=O)C(F)(F)C(F)(F)C(F)(F)F)cc1. The highest BCUT2D eigenvalue weighted by molar-refractivity contribution is 7.80. The van der Waals surface area contributed by atoms with Gasteiger partial charge < -0.3 is 10.6 Å². The maximum Gasteiger partial charge on any atom is 0.460 e. The fourth-order valence-electron chi connectivity index (χ4n) is 2.27. The van der Waals surface area contributed by atoms with Gasteiger partial charge in [-0.3, -0.25) is 10.2 Å². The van der Waals surface area contributed by atoms with E-state index in [0.717, 1.165) is 24.3 Å². The zero-order chi connectivity index (χ0) is 25.9. The number of nitrogens with zero attached hydrogens (tertiary/aromatic N) is 1. The molecule has 0 fully saturated rings. The third-order valence-electron chi connectivity index (χ3n) is 4.10. The molecule has 0 aliphatic heterocycles. The smallest absolute Gasteiger partial charge is 0.329 e. The number of anilines is 2. The van der Waals surface area contributed by atoms with Crippen molar-refractivity contribution in [3.63, 3.8) is 0 Å². The monoisotopic (exact) mass is 516 g/mol. The summed E-state index contributed by atoms with van der Waals surface area (Å²) < 4.78 is 116. The summed E-state index contributed by atoms with van der Waals surface area (Å²) in [6.45, 7) is 1.44. The molecule has 0 aliphatic rings. The van der Waals surface area contributed by atoms with E-state index in [4.69, 9.17) is 12.2 Å². The number of alkyl halides is 7. The summed E-state index contributed by atoms with van der Waals surface area (Å²) >= 11 is 4.91. The quantitative estimate of drug-likeness (QED) is 0.207. The zero-order valence-electron chi connectivity index (χ0n) is 16.7. The Morgan fingerprint density at radius 2 is 1.50 bits per heavy atom. The average molecular weight is 516 g/mol. The lowest BCUT2D eigenvalue weighted by molar-refractivity contribution is -0.343. The normalized spacial score (nSPS) is 12.8. The molecule has 0 aromatic heterocycles. The van der Waals surface area contributed by atoms with Gasteiger partial charge in [0.2, 0.25) is 0 Å². The van der Waals surface area contributed by atoms with Crippen LogP contribution in [0, 0.1) is 11.6 Å². The Kier molecular flexibility index (Phi) is 7.80. The molecule has 0 unspecified atom stereocenters. The standard InChI is InChI=1S/C19H13F9N4OS/c1-9(31-32-16(34)30-14-7-4-11(20)8-13(14)21)10-2-5-12(6-3-10)29-15(33)17(22,23)18(24,25)19(26,27)28/h2-8H,1H3,(H,29,33)(H2,30,32,34)/b31-9-. The number of carbonyl (C=O) groups is 1. The number of amides is 1. The van der Waals surface area contributed by atoms with Crippen molar-refractivity contribution < 1.29 is 44.3 Å². The van der Waals surface area contributed by atoms with E-state index >= 15 is 0 Å². The number of hydrogen-bond donors (Lipinski definition) is 3. The average Bonchev–Trinajstić information content (AvgIpc) is 2.73. The minimum Gasteiger partial charge on any atom is -0.329 e. The molecule has 2 rings (SSSR count). The van der Waals surface area contributed by atoms with E-state index in [9.17, 15) is 44.3 Å². The van der Waals surface area contributed by atoms with Crippen molar-refractivity contribution in [2.45, 2.75) is 24.9 Å². The van der Waals surface area contributed by atoms with Crippen LogP contribution in [0.2, 0.25) is 0 Å². The molecule has 3 N–H and O–H groups in total. The summed E-state index contributed by atoms with van der Waals surface area (Å²) in [7, 11) is 0. The molecule has 0 bridgehead atoms. The van der Waals surface area contributed by atoms with E-state index in [1.54, 1.807) is 0 Å². The summed E-state index contributed by atoms with van der Waals surface area (Å²) in [5.41, 5.74) is 2.25. The van der Waals surface area contributed by atoms with Gasteiger partial charge in [0, 0.05) is 11.8 Å². The predicted octanol–water partition coefficient (Wildman–Crippen LogP) is 5.45. The number of nitrogens with one attached hydrogen (secondary N) is 3. The molecule has 34 heavy (non-hydrogen) atoms. The molecule has 2 aromatic carbocycles. The van der Waals surface area contributed by atoms with Gasteiger partial charge in [0.05, 0.1) is 11.4 Å². The Balaban J connectivity index is 2.03. The fraction of sp³-hybridized carbons (Fsp3) is 0.211. The van der Waals surface area contributed by atoms with Crippen LogP contribution in [0.4, 0.5) is 50.9 Å². The third kappa shape index (κ3) is 5.95. The van der Waals surface area contributed by atoms with Gasteiger partial charge in [-0.25, -0.2) is 8.78 Å². The molecule has 0 spiro atoms. The van der Waals surface area contributed by atoms with Crippen LogP contribution in [0.3, 0.4) is 0 Å². The Hall–Kier alpha value is -3.36. The lowest BCUT2D eigenvalue weighted by Crippen LogP contribution is -2.57. The molecule has 15 heteroatoms. The molecule has 5 nitrogen and oxygen atoms in total. The molecular weight excluding hydrogens is 503 g/mol. The second-order valence-electron chi connectivity index (χ2n) is 6.57. The van der Waals surface area contributed by atoms with Crippen molar-refractivity contribution in [1.29, 1.82) is 0 Å². The molecule has 184 valence electrons. The first-order chi connectivity index (χ1) is 15.6. The van der Waals surface area contributed by atoms with E-state index in [0.29, 0.717) is 11.6 Å². The van der Waals surface area contributed by atoms with Crippen molar-refractivity contribution in [3.05, 3.63) is 59.7 Å². The van der Waals surface area contributed by atoms with Crippen LogP contribution >= 0.6 is 12.2 Å². The first-order valence-corrected chi connectivity index (χ1v) is 9.27. The Bertz CT molecular complexity index is 1100. The van der Waals surface area contributed by atoms with E-state index in [2.05, 4.69) is 15.8 Å². The third-order valence-corrected chi connectivity index (χ3v) is 4.29. The largest absolute Gasteiger partial charge is 0.460 e. The highest BCUT2D eigenvalue weighted by atomic mass is 32.1. The lowest BCUT2D eigenvalue weighted by Gasteiger charge is -2.27. The molecule has 0 saturated carbocycles. The van der Waals surface area contributed by atoms with Gasteiger partial charge in [-0.15, -0.1) is 0 Å². The van der Waals surface area contributed by atoms with Crippen LogP contribution in [-0.4, -0.2) is 34.8 Å². The van der Waals surface area contributed by atoms with Gasteiger partial charge in [-0.05, 0) is 49.0 Å². The topological polar surface area (TPSA) is 65.5 Å². The number of hydrogen-bond acceptors (Lipinski definition) is 3. The zero-order valence-corrected chi connectivity index (χ0v) is 17.5. The van der Waals surface area contributed by atoms with Crippen LogP contribution in [0.5, 0.6) is 0 Å². The van der Waals surface area contributed by atoms with Gasteiger partial charge in [-0.1, -0.05) is 12.1 Å². The summed E-state index contributed by atoms with van der Waals surface area (Å²) in [6, 6.07) is 6.99. The summed E-state index contributed by atoms with van der Waals surface area (Å²) in [5.74, 6) is -17.2. The Morgan fingerprint density at radius 3 is 2.03 bits per heavy atom. The number of hydrazone groups is 1. The van der Waals surface area contributed by atoms with Gasteiger partial charge in [-0.2, -0.15) is 35.8 Å². The molecule has 1 amide bonds. The Morgan fingerprint density at radius 1 is 0.912 bits per heavy atom. The van der Waals surface area contributed by atoms with Crippen molar-refractivity contribution in [2.24, 2.45) is 5.10 Å². The van der Waals surface area contributed by atoms with E-state index in [-0.39, 0.29) is 16.5 Å². The minimum absolute atomic E-state index is 0.139. The van der Waals surface area contributed by atoms with Crippen LogP contribution in [0.15, 0.2) is 47.6 Å². The number of carbonyl (C=O) groups excluding carboxylic acids is 1. The van der Waals surface area contributed by atoms with Crippen molar-refractivity contribution in [3.8, 4) is 0 Å². The first kappa shape index (κ1) is 26.9. The van der Waals surface area contributed by atoms with E-state index in [1.807, 2.05) is 0 Å². The van der Waals surface area contributed by atoms with Gasteiger partial charge >= 0.3 is 23.9 Å². The highest BCUT2D eigenvalue weighted by Crippen LogP contribution is 2.46. The number of halogens is 9. The molecular formula is C19H13F9N4OS. The van der Waals surface area contributed by atoms with Gasteiger partial charge in [0.1, 0.15) is 11.6 Å². The van der Waals surface area contributed by atoms with Gasteiger partial charge in [0.25, 0.3) is 0 Å². The molecule has 2 aromatic rings. The minimum atomic E-state index is -6.64. The summed E-state index contributed by atoms with van der Waals surface area (Å²) in [4.78, 5) is 11.4. The summed E-state index contributed by atoms with van der Waals surface area (Å²) in [6.07, 6.45) is -6.64. The Labute approximate surface area is 191 Å². The molecule has 0 heterocycles. The van der Waals surface area contributed by atoms with Crippen LogP contribution in [0.1, 0.15) is 12.5 Å². The predicted molar refractivity (Wildman–Crippen MR) is 109 cm³/mol. The summed E-state index contributed by atoms with van der Waals surface area (Å²) in [5, 5.41) is 7.40. The van der Waals surface area contributed by atoms with E-state index < -0.39 is 41.3 Å². The second-order valence-corrected chi connectivity index (χ2v) is 6.97. The molecule has 0 saturated heterocycles. The molecule has 0 atom stereocenters. The highest BCUT2D eigenvalue weighted by Gasteiger charge is 2.76. The maximum absolute atomic E-state index is 13.6. The fourth-order valence-corrected chi connectivity index (χ4v) is 2.42. The van der Waals surface area contributed by atoms with Crippen LogP contribution < -0.4 is 16.1 Å². The number of thiocarbonyl (C=S) groups is 1. The van der Waals surface area contributed by atoms with Crippen molar-refractivity contribution >= 4 is 40.3 Å². The second kappa shape index (κ2) is 9.87.